The molecule has 136 valence electrons. The molecule has 1 amide bonds. The molecular formula is C17H19N5O3S. The minimum atomic E-state index is -0.0199. The zero-order valence-corrected chi connectivity index (χ0v) is 15.3. The van der Waals surface area contributed by atoms with Gasteiger partial charge in [0.1, 0.15) is 18.1 Å². The molecule has 0 saturated heterocycles. The van der Waals surface area contributed by atoms with Gasteiger partial charge in [-0.05, 0) is 28.6 Å². The number of thioether (sulfide) groups is 1. The highest BCUT2D eigenvalue weighted by atomic mass is 32.2. The van der Waals surface area contributed by atoms with E-state index in [0.29, 0.717) is 18.2 Å². The molecule has 2 heterocycles. The molecule has 0 saturated carbocycles. The topological polar surface area (TPSA) is 86.3 Å². The number of para-hydroxylation sites is 1. The Morgan fingerprint density at radius 3 is 2.92 bits per heavy atom. The van der Waals surface area contributed by atoms with Crippen LogP contribution in [0.25, 0.3) is 0 Å². The first-order valence-electron chi connectivity index (χ1n) is 7.94. The van der Waals surface area contributed by atoms with Crippen molar-refractivity contribution in [1.29, 1.82) is 0 Å². The third-order valence-electron chi connectivity index (χ3n) is 3.74. The fourth-order valence-electron chi connectivity index (χ4n) is 2.36. The van der Waals surface area contributed by atoms with Crippen LogP contribution in [0, 0.1) is 0 Å². The Balaban J connectivity index is 1.56. The van der Waals surface area contributed by atoms with Crippen molar-refractivity contribution in [2.45, 2.75) is 18.2 Å². The number of aromatic nitrogens is 4. The number of methoxy groups -OCH3 is 1. The molecule has 3 aromatic rings. The Kier molecular flexibility index (Phi) is 5.90. The van der Waals surface area contributed by atoms with Gasteiger partial charge in [0, 0.05) is 19.2 Å². The minimum absolute atomic E-state index is 0.0199. The molecule has 0 spiro atoms. The fourth-order valence-corrected chi connectivity index (χ4v) is 3.18. The number of furan rings is 1. The first kappa shape index (κ1) is 18.0. The normalized spacial score (nSPS) is 10.7. The summed E-state index contributed by atoms with van der Waals surface area (Å²) in [5, 5.41) is 12.2. The number of ether oxygens (including phenoxy) is 1. The molecule has 8 nitrogen and oxygen atoms in total. The molecule has 0 aliphatic carbocycles. The van der Waals surface area contributed by atoms with Crippen LogP contribution in [-0.2, 0) is 17.9 Å². The van der Waals surface area contributed by atoms with Crippen LogP contribution in [0.3, 0.4) is 0 Å². The highest BCUT2D eigenvalue weighted by Gasteiger charge is 2.15. The maximum atomic E-state index is 12.4. The van der Waals surface area contributed by atoms with Crippen LogP contribution in [0.2, 0.25) is 0 Å². The van der Waals surface area contributed by atoms with Crippen molar-refractivity contribution in [3.8, 4) is 5.75 Å². The van der Waals surface area contributed by atoms with Gasteiger partial charge in [0.05, 0.1) is 19.1 Å². The van der Waals surface area contributed by atoms with E-state index in [1.165, 1.54) is 11.8 Å². The molecule has 0 unspecified atom stereocenters. The van der Waals surface area contributed by atoms with Crippen LogP contribution in [0.4, 0.5) is 0 Å². The summed E-state index contributed by atoms with van der Waals surface area (Å²) in [4.78, 5) is 14.1. The maximum Gasteiger partial charge on any atom is 0.233 e. The van der Waals surface area contributed by atoms with Gasteiger partial charge in [-0.1, -0.05) is 30.0 Å². The Bertz CT molecular complexity index is 850. The summed E-state index contributed by atoms with van der Waals surface area (Å²) >= 11 is 1.30. The average molecular weight is 373 g/mol. The Hall–Kier alpha value is -2.81. The number of carbonyl (C=O) groups excluding carboxylic acids is 1. The van der Waals surface area contributed by atoms with Crippen molar-refractivity contribution in [3.05, 3.63) is 54.0 Å². The molecule has 0 N–H and O–H groups in total. The SMILES string of the molecule is COc1ccccc1CN(C)C(=O)CSc1nnnn1Cc1ccco1. The van der Waals surface area contributed by atoms with Crippen LogP contribution in [0.15, 0.2) is 52.2 Å². The number of rotatable bonds is 8. The zero-order chi connectivity index (χ0) is 18.4. The monoisotopic (exact) mass is 373 g/mol. The number of hydrogen-bond donors (Lipinski definition) is 0. The second-order valence-electron chi connectivity index (χ2n) is 5.55. The first-order chi connectivity index (χ1) is 12.7. The molecule has 26 heavy (non-hydrogen) atoms. The van der Waals surface area contributed by atoms with Crippen LogP contribution >= 0.6 is 11.8 Å². The van der Waals surface area contributed by atoms with Crippen molar-refractivity contribution < 1.29 is 13.9 Å². The number of benzene rings is 1. The quantitative estimate of drug-likeness (QED) is 0.559. The molecule has 0 fully saturated rings. The van der Waals surface area contributed by atoms with E-state index < -0.39 is 0 Å². The van der Waals surface area contributed by atoms with E-state index in [1.54, 1.807) is 30.0 Å². The van der Waals surface area contributed by atoms with E-state index in [-0.39, 0.29) is 11.7 Å². The Morgan fingerprint density at radius 2 is 2.15 bits per heavy atom. The van der Waals surface area contributed by atoms with E-state index in [9.17, 15) is 4.79 Å². The van der Waals surface area contributed by atoms with E-state index >= 15 is 0 Å². The van der Waals surface area contributed by atoms with Crippen LogP contribution < -0.4 is 4.74 Å². The minimum Gasteiger partial charge on any atom is -0.496 e. The third-order valence-corrected chi connectivity index (χ3v) is 4.68. The highest BCUT2D eigenvalue weighted by molar-refractivity contribution is 7.99. The number of carbonyl (C=O) groups is 1. The van der Waals surface area contributed by atoms with Gasteiger partial charge in [-0.25, -0.2) is 4.68 Å². The smallest absolute Gasteiger partial charge is 0.233 e. The molecule has 0 radical (unpaired) electrons. The molecule has 9 heteroatoms. The van der Waals surface area contributed by atoms with Gasteiger partial charge in [-0.15, -0.1) is 5.10 Å². The molecule has 1 aromatic carbocycles. The number of tetrazole rings is 1. The van der Waals surface area contributed by atoms with E-state index in [4.69, 9.17) is 9.15 Å². The predicted molar refractivity (Wildman–Crippen MR) is 95.8 cm³/mol. The van der Waals surface area contributed by atoms with Crippen LogP contribution in [0.5, 0.6) is 5.75 Å². The lowest BCUT2D eigenvalue weighted by Crippen LogP contribution is -2.28. The van der Waals surface area contributed by atoms with E-state index in [1.807, 2.05) is 36.4 Å². The lowest BCUT2D eigenvalue weighted by atomic mass is 10.2. The lowest BCUT2D eigenvalue weighted by Gasteiger charge is -2.18. The molecular weight excluding hydrogens is 354 g/mol. The molecule has 0 aliphatic heterocycles. The summed E-state index contributed by atoms with van der Waals surface area (Å²) < 4.78 is 12.2. The number of nitrogens with zero attached hydrogens (tertiary/aromatic N) is 5. The van der Waals surface area contributed by atoms with E-state index in [0.717, 1.165) is 17.1 Å². The third kappa shape index (κ3) is 4.42. The zero-order valence-electron chi connectivity index (χ0n) is 14.5. The maximum absolute atomic E-state index is 12.4. The summed E-state index contributed by atoms with van der Waals surface area (Å²) in [6, 6.07) is 11.3. The Labute approximate surface area is 155 Å². The average Bonchev–Trinajstić information content (AvgIpc) is 3.32. The number of amides is 1. The molecule has 0 bridgehead atoms. The van der Waals surface area contributed by atoms with Crippen molar-refractivity contribution >= 4 is 17.7 Å². The van der Waals surface area contributed by atoms with Gasteiger partial charge in [0.25, 0.3) is 0 Å². The van der Waals surface area contributed by atoms with Crippen molar-refractivity contribution in [2.24, 2.45) is 0 Å². The van der Waals surface area contributed by atoms with Crippen LogP contribution in [-0.4, -0.2) is 50.9 Å². The molecule has 3 rings (SSSR count). The van der Waals surface area contributed by atoms with Crippen molar-refractivity contribution in [3.63, 3.8) is 0 Å². The lowest BCUT2D eigenvalue weighted by molar-refractivity contribution is -0.127. The Morgan fingerprint density at radius 1 is 1.31 bits per heavy atom. The predicted octanol–water partition coefficient (Wildman–Crippen LogP) is 2.07. The van der Waals surface area contributed by atoms with Gasteiger partial charge in [0.15, 0.2) is 0 Å². The molecule has 0 aliphatic rings. The van der Waals surface area contributed by atoms with Crippen LogP contribution in [0.1, 0.15) is 11.3 Å². The second kappa shape index (κ2) is 8.52. The van der Waals surface area contributed by atoms with Gasteiger partial charge < -0.3 is 14.1 Å². The van der Waals surface area contributed by atoms with E-state index in [2.05, 4.69) is 15.5 Å². The largest absolute Gasteiger partial charge is 0.496 e. The summed E-state index contributed by atoms with van der Waals surface area (Å²) in [7, 11) is 3.39. The van der Waals surface area contributed by atoms with Gasteiger partial charge in [0.2, 0.25) is 11.1 Å². The van der Waals surface area contributed by atoms with Gasteiger partial charge in [-0.2, -0.15) is 0 Å². The summed E-state index contributed by atoms with van der Waals surface area (Å²) in [5.74, 6) is 1.74. The molecule has 0 atom stereocenters. The van der Waals surface area contributed by atoms with Crippen molar-refractivity contribution in [1.82, 2.24) is 25.1 Å². The number of hydrogen-bond acceptors (Lipinski definition) is 7. The van der Waals surface area contributed by atoms with Crippen molar-refractivity contribution in [2.75, 3.05) is 19.9 Å². The van der Waals surface area contributed by atoms with Gasteiger partial charge in [-0.3, -0.25) is 4.79 Å². The fraction of sp³-hybridized carbons (Fsp3) is 0.294. The van der Waals surface area contributed by atoms with Gasteiger partial charge >= 0.3 is 0 Å². The first-order valence-corrected chi connectivity index (χ1v) is 8.93. The standard InChI is InChI=1S/C17H19N5O3S/c1-21(10-13-6-3-4-8-15(13)24-2)16(23)12-26-17-18-19-20-22(17)11-14-7-5-9-25-14/h3-9H,10-12H2,1-2H3. The summed E-state index contributed by atoms with van der Waals surface area (Å²) in [5.41, 5.74) is 0.957. The second-order valence-corrected chi connectivity index (χ2v) is 6.49. The molecule has 2 aromatic heterocycles. The summed E-state index contributed by atoms with van der Waals surface area (Å²) in [6.07, 6.45) is 1.60. The highest BCUT2D eigenvalue weighted by Crippen LogP contribution is 2.20. The summed E-state index contributed by atoms with van der Waals surface area (Å²) in [6.45, 7) is 0.897.